The van der Waals surface area contributed by atoms with Gasteiger partial charge in [-0.25, -0.2) is 0 Å². The largest absolute Gasteiger partial charge is 0.379 e. The van der Waals surface area contributed by atoms with Gasteiger partial charge in [-0.15, -0.1) is 10.2 Å². The van der Waals surface area contributed by atoms with E-state index in [9.17, 15) is 4.79 Å². The Balaban J connectivity index is 1.24. The lowest BCUT2D eigenvalue weighted by Crippen LogP contribution is -2.45. The maximum absolute atomic E-state index is 12.8. The number of hydrogen-bond acceptors (Lipinski definition) is 7. The molecule has 2 aromatic heterocycles. The minimum absolute atomic E-state index is 0.0284. The van der Waals surface area contributed by atoms with Crippen LogP contribution in [0.15, 0.2) is 42.9 Å². The van der Waals surface area contributed by atoms with Gasteiger partial charge in [0.05, 0.1) is 30.6 Å². The van der Waals surface area contributed by atoms with E-state index in [2.05, 4.69) is 30.4 Å². The van der Waals surface area contributed by atoms with E-state index >= 15 is 0 Å². The van der Waals surface area contributed by atoms with Crippen LogP contribution in [0.1, 0.15) is 25.7 Å². The molecule has 0 atom stereocenters. The summed E-state index contributed by atoms with van der Waals surface area (Å²) in [6.07, 6.45) is 8.98. The lowest BCUT2D eigenvalue weighted by molar-refractivity contribution is -0.121. The molecule has 2 fully saturated rings. The number of hydrogen-bond donors (Lipinski definition) is 1. The highest BCUT2D eigenvalue weighted by molar-refractivity contribution is 5.94. The molecule has 1 aromatic carbocycles. The summed E-state index contributed by atoms with van der Waals surface area (Å²) in [5.41, 5.74) is 2.52. The fraction of sp³-hybridized carbons (Fsp3) is 0.435. The average Bonchev–Trinajstić information content (AvgIpc) is 2.85. The predicted octanol–water partition coefficient (Wildman–Crippen LogP) is 2.92. The van der Waals surface area contributed by atoms with Crippen LogP contribution in [0.3, 0.4) is 0 Å². The second kappa shape index (κ2) is 9.03. The molecular formula is C23H26N6O2. The van der Waals surface area contributed by atoms with E-state index in [1.807, 2.05) is 24.3 Å². The lowest BCUT2D eigenvalue weighted by Gasteiger charge is -2.38. The van der Waals surface area contributed by atoms with Gasteiger partial charge >= 0.3 is 0 Å². The summed E-state index contributed by atoms with van der Waals surface area (Å²) in [7, 11) is 0. The number of carbonyl (C=O) groups excluding carboxylic acids is 1. The summed E-state index contributed by atoms with van der Waals surface area (Å²) >= 11 is 0. The van der Waals surface area contributed by atoms with Gasteiger partial charge in [-0.05, 0) is 43.9 Å². The quantitative estimate of drug-likeness (QED) is 0.696. The van der Waals surface area contributed by atoms with Crippen molar-refractivity contribution in [1.29, 1.82) is 0 Å². The maximum Gasteiger partial charge on any atom is 0.228 e. The fourth-order valence-corrected chi connectivity index (χ4v) is 4.59. The molecule has 3 aromatic rings. The molecule has 31 heavy (non-hydrogen) atoms. The van der Waals surface area contributed by atoms with Crippen LogP contribution in [0.4, 0.5) is 5.82 Å². The Labute approximate surface area is 181 Å². The molecule has 160 valence electrons. The summed E-state index contributed by atoms with van der Waals surface area (Å²) in [5.74, 6) is 0.559. The lowest BCUT2D eigenvalue weighted by atomic mass is 9.84. The van der Waals surface area contributed by atoms with E-state index in [0.29, 0.717) is 11.9 Å². The van der Waals surface area contributed by atoms with Gasteiger partial charge in [-0.1, -0.05) is 6.07 Å². The van der Waals surface area contributed by atoms with Crippen molar-refractivity contribution >= 4 is 22.6 Å². The van der Waals surface area contributed by atoms with Crippen molar-refractivity contribution in [2.45, 2.75) is 31.7 Å². The summed E-state index contributed by atoms with van der Waals surface area (Å²) in [4.78, 5) is 23.8. The number of anilines is 1. The van der Waals surface area contributed by atoms with Gasteiger partial charge in [-0.2, -0.15) is 0 Å². The Kier molecular flexibility index (Phi) is 5.82. The number of aromatic nitrogens is 4. The van der Waals surface area contributed by atoms with Gasteiger partial charge in [0.15, 0.2) is 5.82 Å². The smallest absolute Gasteiger partial charge is 0.228 e. The molecule has 1 saturated carbocycles. The standard InChI is InChI=1S/C23H26N6O2/c30-23(16-1-4-19(5-2-16)29-9-11-31-12-10-29)26-22-14-18-13-17(3-6-20(18)27-28-22)21-15-24-7-8-25-21/h3,6-8,13-16,19H,1-2,4-5,9-12H2,(H,26,28,30)/t16-,19-. The van der Waals surface area contributed by atoms with Crippen LogP contribution >= 0.6 is 0 Å². The van der Waals surface area contributed by atoms with Gasteiger partial charge in [0.1, 0.15) is 0 Å². The Morgan fingerprint density at radius 3 is 2.65 bits per heavy atom. The normalized spacial score (nSPS) is 22.3. The second-order valence-electron chi connectivity index (χ2n) is 8.24. The predicted molar refractivity (Wildman–Crippen MR) is 117 cm³/mol. The molecular weight excluding hydrogens is 392 g/mol. The number of morpholine rings is 1. The summed E-state index contributed by atoms with van der Waals surface area (Å²) in [6.45, 7) is 3.65. The first-order valence-electron chi connectivity index (χ1n) is 10.9. The maximum atomic E-state index is 12.8. The highest BCUT2D eigenvalue weighted by Gasteiger charge is 2.30. The molecule has 8 nitrogen and oxygen atoms in total. The first-order valence-corrected chi connectivity index (χ1v) is 10.9. The molecule has 0 spiro atoms. The molecule has 1 N–H and O–H groups in total. The molecule has 0 radical (unpaired) electrons. The first kappa shape index (κ1) is 20.0. The van der Waals surface area contributed by atoms with Crippen molar-refractivity contribution < 1.29 is 9.53 Å². The number of fused-ring (bicyclic) bond motifs is 1. The highest BCUT2D eigenvalue weighted by Crippen LogP contribution is 2.29. The molecule has 5 rings (SSSR count). The number of amides is 1. The van der Waals surface area contributed by atoms with Crippen molar-refractivity contribution in [3.63, 3.8) is 0 Å². The van der Waals surface area contributed by atoms with Crippen molar-refractivity contribution in [2.24, 2.45) is 5.92 Å². The third kappa shape index (κ3) is 4.55. The van der Waals surface area contributed by atoms with E-state index in [0.717, 1.165) is 74.1 Å². The zero-order valence-corrected chi connectivity index (χ0v) is 17.4. The number of nitrogens with one attached hydrogen (secondary N) is 1. The van der Waals surface area contributed by atoms with E-state index in [4.69, 9.17) is 4.74 Å². The first-order chi connectivity index (χ1) is 15.3. The monoisotopic (exact) mass is 418 g/mol. The van der Waals surface area contributed by atoms with Crippen molar-refractivity contribution in [3.05, 3.63) is 42.9 Å². The zero-order valence-electron chi connectivity index (χ0n) is 17.4. The van der Waals surface area contributed by atoms with Crippen LogP contribution in [-0.4, -0.2) is 63.3 Å². The van der Waals surface area contributed by atoms with E-state index in [1.165, 1.54) is 0 Å². The Hall–Kier alpha value is -2.97. The topological polar surface area (TPSA) is 93.1 Å². The molecule has 3 heterocycles. The van der Waals surface area contributed by atoms with Gasteiger partial charge in [0.2, 0.25) is 5.91 Å². The summed E-state index contributed by atoms with van der Waals surface area (Å²) in [6, 6.07) is 8.31. The third-order valence-corrected chi connectivity index (χ3v) is 6.33. The van der Waals surface area contributed by atoms with Crippen LogP contribution in [0, 0.1) is 5.92 Å². The summed E-state index contributed by atoms with van der Waals surface area (Å²) < 4.78 is 5.45. The molecule has 1 saturated heterocycles. The molecule has 0 unspecified atom stereocenters. The molecule has 8 heteroatoms. The Morgan fingerprint density at radius 2 is 1.87 bits per heavy atom. The molecule has 0 bridgehead atoms. The van der Waals surface area contributed by atoms with Crippen molar-refractivity contribution in [2.75, 3.05) is 31.6 Å². The zero-order chi connectivity index (χ0) is 21.0. The fourth-order valence-electron chi connectivity index (χ4n) is 4.59. The Morgan fingerprint density at radius 1 is 1.03 bits per heavy atom. The third-order valence-electron chi connectivity index (χ3n) is 6.33. The minimum Gasteiger partial charge on any atom is -0.379 e. The Bertz CT molecular complexity index is 1050. The van der Waals surface area contributed by atoms with Crippen molar-refractivity contribution in [3.8, 4) is 11.3 Å². The van der Waals surface area contributed by atoms with Crippen LogP contribution in [0.25, 0.3) is 22.2 Å². The van der Waals surface area contributed by atoms with E-state index in [-0.39, 0.29) is 11.8 Å². The van der Waals surface area contributed by atoms with E-state index < -0.39 is 0 Å². The number of nitrogens with zero attached hydrogens (tertiary/aromatic N) is 5. The molecule has 2 aliphatic rings. The van der Waals surface area contributed by atoms with Crippen LogP contribution in [0.5, 0.6) is 0 Å². The molecule has 1 aliphatic carbocycles. The average molecular weight is 419 g/mol. The number of ether oxygens (including phenoxy) is 1. The summed E-state index contributed by atoms with van der Waals surface area (Å²) in [5, 5.41) is 12.4. The van der Waals surface area contributed by atoms with Gasteiger partial charge in [-0.3, -0.25) is 19.7 Å². The van der Waals surface area contributed by atoms with Crippen LogP contribution in [-0.2, 0) is 9.53 Å². The van der Waals surface area contributed by atoms with Gasteiger partial charge in [0.25, 0.3) is 0 Å². The SMILES string of the molecule is O=C(Nc1cc2cc(-c3cnccn3)ccc2nn1)[C@H]1CC[C@H](N2CCOCC2)CC1. The number of carbonyl (C=O) groups is 1. The van der Waals surface area contributed by atoms with Crippen LogP contribution < -0.4 is 5.32 Å². The number of rotatable bonds is 4. The van der Waals surface area contributed by atoms with Crippen LogP contribution in [0.2, 0.25) is 0 Å². The van der Waals surface area contributed by atoms with E-state index in [1.54, 1.807) is 18.6 Å². The molecule has 1 aliphatic heterocycles. The highest BCUT2D eigenvalue weighted by atomic mass is 16.5. The molecule has 1 amide bonds. The van der Waals surface area contributed by atoms with Gasteiger partial charge in [0, 0.05) is 48.4 Å². The minimum atomic E-state index is 0.0284. The number of benzene rings is 1. The second-order valence-corrected chi connectivity index (χ2v) is 8.24. The van der Waals surface area contributed by atoms with Crippen molar-refractivity contribution in [1.82, 2.24) is 25.1 Å². The van der Waals surface area contributed by atoms with Gasteiger partial charge < -0.3 is 10.1 Å².